The Labute approximate surface area is 85.3 Å². The fourth-order valence-electron chi connectivity index (χ4n) is 2.08. The van der Waals surface area contributed by atoms with Gasteiger partial charge in [-0.2, -0.15) is 0 Å². The van der Waals surface area contributed by atoms with Crippen LogP contribution >= 0.6 is 0 Å². The van der Waals surface area contributed by atoms with E-state index in [0.717, 1.165) is 19.3 Å². The highest BCUT2D eigenvalue weighted by molar-refractivity contribution is 5.08. The first-order valence-corrected chi connectivity index (χ1v) is 5.49. The van der Waals surface area contributed by atoms with Crippen LogP contribution in [-0.2, 0) is 12.8 Å². The maximum atomic E-state index is 6.01. The van der Waals surface area contributed by atoms with E-state index in [4.69, 9.17) is 5.73 Å². The molecular formula is C11H19N3. The second-order valence-corrected chi connectivity index (χ2v) is 4.61. The van der Waals surface area contributed by atoms with Crippen LogP contribution in [0, 0.1) is 5.92 Å². The summed E-state index contributed by atoms with van der Waals surface area (Å²) in [6.45, 7) is 4.44. The maximum Gasteiger partial charge on any atom is 0.110 e. The molecule has 0 amide bonds. The molecule has 0 saturated heterocycles. The van der Waals surface area contributed by atoms with Gasteiger partial charge in [-0.05, 0) is 25.2 Å². The molecule has 0 saturated carbocycles. The molecule has 0 aromatic carbocycles. The number of fused-ring (bicyclic) bond motifs is 1. The SMILES string of the molecule is CC(C)Cc1cn2c(n1)CCCC2N. The van der Waals surface area contributed by atoms with Crippen molar-refractivity contribution in [3.05, 3.63) is 17.7 Å². The molecule has 0 radical (unpaired) electrons. The molecule has 3 nitrogen and oxygen atoms in total. The van der Waals surface area contributed by atoms with Gasteiger partial charge in [0.25, 0.3) is 0 Å². The molecule has 0 fully saturated rings. The summed E-state index contributed by atoms with van der Waals surface area (Å²) in [5, 5.41) is 0. The van der Waals surface area contributed by atoms with Gasteiger partial charge in [-0.1, -0.05) is 13.8 Å². The Morgan fingerprint density at radius 2 is 2.43 bits per heavy atom. The Morgan fingerprint density at radius 3 is 3.07 bits per heavy atom. The van der Waals surface area contributed by atoms with E-state index in [1.807, 2.05) is 0 Å². The average Bonchev–Trinajstić information content (AvgIpc) is 2.47. The maximum absolute atomic E-state index is 6.01. The highest BCUT2D eigenvalue weighted by Crippen LogP contribution is 2.21. The van der Waals surface area contributed by atoms with Gasteiger partial charge in [0.05, 0.1) is 11.9 Å². The second kappa shape index (κ2) is 3.73. The van der Waals surface area contributed by atoms with Crippen LogP contribution in [0.25, 0.3) is 0 Å². The molecule has 14 heavy (non-hydrogen) atoms. The lowest BCUT2D eigenvalue weighted by molar-refractivity contribution is 0.408. The predicted octanol–water partition coefficient (Wildman–Crippen LogP) is 1.88. The van der Waals surface area contributed by atoms with Crippen LogP contribution in [0.1, 0.15) is 44.4 Å². The van der Waals surface area contributed by atoms with Crippen LogP contribution < -0.4 is 5.73 Å². The minimum absolute atomic E-state index is 0.159. The highest BCUT2D eigenvalue weighted by Gasteiger charge is 2.18. The van der Waals surface area contributed by atoms with Crippen molar-refractivity contribution in [2.75, 3.05) is 0 Å². The summed E-state index contributed by atoms with van der Waals surface area (Å²) in [6.07, 6.45) is 6.72. The van der Waals surface area contributed by atoms with E-state index in [1.165, 1.54) is 17.9 Å². The third-order valence-electron chi connectivity index (χ3n) is 2.73. The van der Waals surface area contributed by atoms with E-state index in [1.54, 1.807) is 0 Å². The number of hydrogen-bond donors (Lipinski definition) is 1. The monoisotopic (exact) mass is 193 g/mol. The van der Waals surface area contributed by atoms with E-state index in [-0.39, 0.29) is 6.17 Å². The summed E-state index contributed by atoms with van der Waals surface area (Å²) >= 11 is 0. The molecule has 1 atom stereocenters. The third-order valence-corrected chi connectivity index (χ3v) is 2.73. The van der Waals surface area contributed by atoms with Crippen molar-refractivity contribution in [1.82, 2.24) is 9.55 Å². The van der Waals surface area contributed by atoms with Gasteiger partial charge in [0.15, 0.2) is 0 Å². The Morgan fingerprint density at radius 1 is 1.64 bits per heavy atom. The van der Waals surface area contributed by atoms with Gasteiger partial charge in [0, 0.05) is 12.6 Å². The Balaban J connectivity index is 2.21. The number of aryl methyl sites for hydroxylation is 1. The van der Waals surface area contributed by atoms with Crippen molar-refractivity contribution in [2.45, 2.75) is 45.7 Å². The Kier molecular flexibility index (Phi) is 2.59. The molecule has 78 valence electrons. The number of nitrogens with two attached hydrogens (primary N) is 1. The topological polar surface area (TPSA) is 43.8 Å². The molecule has 1 unspecified atom stereocenters. The van der Waals surface area contributed by atoms with Gasteiger partial charge in [-0.25, -0.2) is 4.98 Å². The molecule has 1 aliphatic rings. The fraction of sp³-hybridized carbons (Fsp3) is 0.727. The zero-order valence-electron chi connectivity index (χ0n) is 9.03. The van der Waals surface area contributed by atoms with Crippen LogP contribution in [0.15, 0.2) is 6.20 Å². The van der Waals surface area contributed by atoms with Crippen molar-refractivity contribution in [2.24, 2.45) is 11.7 Å². The molecule has 1 aromatic heterocycles. The van der Waals surface area contributed by atoms with Gasteiger partial charge < -0.3 is 10.3 Å². The lowest BCUT2D eigenvalue weighted by Crippen LogP contribution is -2.24. The molecule has 1 aromatic rings. The number of imidazole rings is 1. The highest BCUT2D eigenvalue weighted by atomic mass is 15.2. The smallest absolute Gasteiger partial charge is 0.110 e. The van der Waals surface area contributed by atoms with Crippen LogP contribution in [-0.4, -0.2) is 9.55 Å². The summed E-state index contributed by atoms with van der Waals surface area (Å²) < 4.78 is 2.15. The minimum Gasteiger partial charge on any atom is -0.319 e. The van der Waals surface area contributed by atoms with Crippen molar-refractivity contribution in [3.8, 4) is 0 Å². The van der Waals surface area contributed by atoms with Crippen LogP contribution in [0.5, 0.6) is 0 Å². The molecule has 2 rings (SSSR count). The van der Waals surface area contributed by atoms with Gasteiger partial charge in [-0.3, -0.25) is 0 Å². The fourth-order valence-corrected chi connectivity index (χ4v) is 2.08. The summed E-state index contributed by atoms with van der Waals surface area (Å²) in [7, 11) is 0. The van der Waals surface area contributed by atoms with Gasteiger partial charge in [0.2, 0.25) is 0 Å². The summed E-state index contributed by atoms with van der Waals surface area (Å²) in [5.41, 5.74) is 7.21. The average molecular weight is 193 g/mol. The molecule has 1 aliphatic heterocycles. The molecule has 2 N–H and O–H groups in total. The molecular weight excluding hydrogens is 174 g/mol. The molecule has 0 aliphatic carbocycles. The molecule has 3 heteroatoms. The second-order valence-electron chi connectivity index (χ2n) is 4.61. The first-order chi connectivity index (χ1) is 6.66. The van der Waals surface area contributed by atoms with Crippen molar-refractivity contribution in [3.63, 3.8) is 0 Å². The van der Waals surface area contributed by atoms with E-state index < -0.39 is 0 Å². The zero-order chi connectivity index (χ0) is 10.1. The number of rotatable bonds is 2. The standard InChI is InChI=1S/C11H19N3/c1-8(2)6-9-7-14-10(12)4-3-5-11(14)13-9/h7-8,10H,3-6,12H2,1-2H3. The van der Waals surface area contributed by atoms with E-state index in [9.17, 15) is 0 Å². The summed E-state index contributed by atoms with van der Waals surface area (Å²) in [5.74, 6) is 1.85. The Hall–Kier alpha value is -0.830. The molecule has 2 heterocycles. The Bertz CT molecular complexity index is 314. The van der Waals surface area contributed by atoms with Crippen LogP contribution in [0.3, 0.4) is 0 Å². The number of nitrogens with zero attached hydrogens (tertiary/aromatic N) is 2. The van der Waals surface area contributed by atoms with Gasteiger partial charge in [0.1, 0.15) is 5.82 Å². The quantitative estimate of drug-likeness (QED) is 0.779. The largest absolute Gasteiger partial charge is 0.319 e. The van der Waals surface area contributed by atoms with Crippen molar-refractivity contribution >= 4 is 0 Å². The van der Waals surface area contributed by atoms with Gasteiger partial charge >= 0.3 is 0 Å². The first-order valence-electron chi connectivity index (χ1n) is 5.49. The molecule has 0 spiro atoms. The lowest BCUT2D eigenvalue weighted by atomic mass is 10.1. The summed E-state index contributed by atoms with van der Waals surface area (Å²) in [4.78, 5) is 4.62. The number of aromatic nitrogens is 2. The van der Waals surface area contributed by atoms with Gasteiger partial charge in [-0.15, -0.1) is 0 Å². The normalized spacial score (nSPS) is 21.3. The minimum atomic E-state index is 0.159. The third kappa shape index (κ3) is 1.82. The molecule has 0 bridgehead atoms. The van der Waals surface area contributed by atoms with E-state index in [0.29, 0.717) is 5.92 Å². The number of hydrogen-bond acceptors (Lipinski definition) is 2. The van der Waals surface area contributed by atoms with Crippen LogP contribution in [0.2, 0.25) is 0 Å². The summed E-state index contributed by atoms with van der Waals surface area (Å²) in [6, 6.07) is 0. The van der Waals surface area contributed by atoms with E-state index >= 15 is 0 Å². The lowest BCUT2D eigenvalue weighted by Gasteiger charge is -2.20. The van der Waals surface area contributed by atoms with Crippen molar-refractivity contribution in [1.29, 1.82) is 0 Å². The van der Waals surface area contributed by atoms with Crippen molar-refractivity contribution < 1.29 is 0 Å². The van der Waals surface area contributed by atoms with Crippen LogP contribution in [0.4, 0.5) is 0 Å². The predicted molar refractivity (Wildman–Crippen MR) is 56.9 cm³/mol. The van der Waals surface area contributed by atoms with E-state index in [2.05, 4.69) is 29.6 Å². The first kappa shape index (κ1) is 9.71. The zero-order valence-corrected chi connectivity index (χ0v) is 9.03.